The molecular formula is C14H15ClN6. The number of benzene rings is 1. The Hall–Kier alpha value is -2.34. The van der Waals surface area contributed by atoms with E-state index in [0.717, 1.165) is 12.0 Å². The van der Waals surface area contributed by atoms with Crippen molar-refractivity contribution in [1.82, 2.24) is 14.9 Å². The number of halogens is 1. The molecule has 21 heavy (non-hydrogen) atoms. The highest BCUT2D eigenvalue weighted by atomic mass is 35.5. The monoisotopic (exact) mass is 302 g/mol. The fourth-order valence-electron chi connectivity index (χ4n) is 2.14. The Morgan fingerprint density at radius 1 is 1.38 bits per heavy atom. The van der Waals surface area contributed by atoms with Gasteiger partial charge < -0.3 is 5.84 Å². The van der Waals surface area contributed by atoms with E-state index in [1.807, 2.05) is 36.6 Å². The smallest absolute Gasteiger partial charge is 0.267 e. The van der Waals surface area contributed by atoms with E-state index in [1.54, 1.807) is 11.9 Å². The van der Waals surface area contributed by atoms with Crippen LogP contribution in [0.15, 0.2) is 35.4 Å². The molecule has 0 aliphatic carbocycles. The van der Waals surface area contributed by atoms with Crippen molar-refractivity contribution in [3.05, 3.63) is 46.8 Å². The second-order valence-corrected chi connectivity index (χ2v) is 5.21. The van der Waals surface area contributed by atoms with Crippen LogP contribution in [0, 0.1) is 6.92 Å². The Morgan fingerprint density at radius 2 is 2.24 bits per heavy atom. The van der Waals surface area contributed by atoms with Crippen molar-refractivity contribution in [2.24, 2.45) is 5.10 Å². The summed E-state index contributed by atoms with van der Waals surface area (Å²) < 4.78 is 1.43. The van der Waals surface area contributed by atoms with Gasteiger partial charge in [-0.15, -0.1) is 10.2 Å². The van der Waals surface area contributed by atoms with E-state index in [2.05, 4.69) is 21.4 Å². The maximum Gasteiger partial charge on any atom is 0.267 e. The molecule has 0 fully saturated rings. The van der Waals surface area contributed by atoms with Gasteiger partial charge in [-0.1, -0.05) is 35.9 Å². The minimum Gasteiger partial charge on any atom is -0.335 e. The standard InChI is InChI=1S/C14H15ClN6/c1-10-18-19-14(20(10)16)21-13(7-8-17-21)6-5-11-3-2-4-12(15)9-11/h2-6,8-9,13H,7,16H2,1H3. The summed E-state index contributed by atoms with van der Waals surface area (Å²) in [5.74, 6) is 7.08. The largest absolute Gasteiger partial charge is 0.335 e. The van der Waals surface area contributed by atoms with Crippen molar-refractivity contribution in [2.45, 2.75) is 19.4 Å². The van der Waals surface area contributed by atoms with Crippen LogP contribution in [0.3, 0.4) is 0 Å². The summed E-state index contributed by atoms with van der Waals surface area (Å²) >= 11 is 5.98. The first-order valence-corrected chi connectivity index (χ1v) is 6.95. The van der Waals surface area contributed by atoms with E-state index in [9.17, 15) is 0 Å². The van der Waals surface area contributed by atoms with Crippen LogP contribution in [-0.2, 0) is 0 Å². The Labute approximate surface area is 127 Å². The van der Waals surface area contributed by atoms with E-state index in [4.69, 9.17) is 17.4 Å². The molecule has 0 spiro atoms. The molecule has 1 aromatic heterocycles. The van der Waals surface area contributed by atoms with Crippen LogP contribution in [0.1, 0.15) is 17.8 Å². The first-order valence-electron chi connectivity index (χ1n) is 6.57. The minimum atomic E-state index is 0.0647. The van der Waals surface area contributed by atoms with Crippen molar-refractivity contribution >= 4 is 29.8 Å². The molecular weight excluding hydrogens is 288 g/mol. The molecule has 1 aliphatic heterocycles. The maximum atomic E-state index is 5.98. The zero-order valence-corrected chi connectivity index (χ0v) is 12.3. The van der Waals surface area contributed by atoms with Gasteiger partial charge in [0.2, 0.25) is 0 Å². The third-order valence-electron chi connectivity index (χ3n) is 3.28. The summed E-state index contributed by atoms with van der Waals surface area (Å²) in [5, 5.41) is 14.8. The summed E-state index contributed by atoms with van der Waals surface area (Å²) in [7, 11) is 0. The van der Waals surface area contributed by atoms with Crippen LogP contribution in [0.2, 0.25) is 5.02 Å². The van der Waals surface area contributed by atoms with Crippen molar-refractivity contribution < 1.29 is 0 Å². The summed E-state index contributed by atoms with van der Waals surface area (Å²) in [4.78, 5) is 0. The fraction of sp³-hybridized carbons (Fsp3) is 0.214. The highest BCUT2D eigenvalue weighted by Crippen LogP contribution is 2.21. The molecule has 0 saturated carbocycles. The number of nitrogen functional groups attached to an aromatic ring is 1. The van der Waals surface area contributed by atoms with Gasteiger partial charge in [-0.2, -0.15) is 5.10 Å². The van der Waals surface area contributed by atoms with Crippen LogP contribution in [-0.4, -0.2) is 27.1 Å². The van der Waals surface area contributed by atoms with Crippen molar-refractivity contribution in [1.29, 1.82) is 0 Å². The van der Waals surface area contributed by atoms with Crippen LogP contribution in [0.25, 0.3) is 6.08 Å². The summed E-state index contributed by atoms with van der Waals surface area (Å²) in [6.45, 7) is 1.80. The molecule has 0 amide bonds. The number of hydrogen-bond acceptors (Lipinski definition) is 5. The zero-order chi connectivity index (χ0) is 14.8. The third-order valence-corrected chi connectivity index (χ3v) is 3.51. The number of aryl methyl sites for hydroxylation is 1. The number of hydrogen-bond donors (Lipinski definition) is 1. The van der Waals surface area contributed by atoms with Gasteiger partial charge in [0, 0.05) is 17.7 Å². The van der Waals surface area contributed by atoms with Gasteiger partial charge >= 0.3 is 0 Å². The molecule has 6 nitrogen and oxygen atoms in total. The Morgan fingerprint density at radius 3 is 2.95 bits per heavy atom. The van der Waals surface area contributed by atoms with Crippen molar-refractivity contribution in [3.8, 4) is 0 Å². The molecule has 7 heteroatoms. The van der Waals surface area contributed by atoms with Gasteiger partial charge in [0.25, 0.3) is 5.95 Å². The molecule has 2 heterocycles. The summed E-state index contributed by atoms with van der Waals surface area (Å²) in [5.41, 5.74) is 1.04. The molecule has 0 saturated heterocycles. The highest BCUT2D eigenvalue weighted by molar-refractivity contribution is 6.30. The predicted molar refractivity (Wildman–Crippen MR) is 84.8 cm³/mol. The van der Waals surface area contributed by atoms with Gasteiger partial charge in [-0.3, -0.25) is 0 Å². The molecule has 0 radical (unpaired) electrons. The van der Waals surface area contributed by atoms with Crippen LogP contribution in [0.5, 0.6) is 0 Å². The molecule has 1 unspecified atom stereocenters. The Bertz CT molecular complexity index is 705. The molecule has 1 aliphatic rings. The van der Waals surface area contributed by atoms with Crippen LogP contribution >= 0.6 is 11.6 Å². The van der Waals surface area contributed by atoms with Crippen molar-refractivity contribution in [2.75, 3.05) is 10.9 Å². The molecule has 1 atom stereocenters. The topological polar surface area (TPSA) is 72.3 Å². The van der Waals surface area contributed by atoms with Gasteiger partial charge in [0.05, 0.1) is 6.04 Å². The molecule has 2 aromatic rings. The molecule has 3 rings (SSSR count). The first kappa shape index (κ1) is 13.6. The fourth-order valence-corrected chi connectivity index (χ4v) is 2.33. The van der Waals surface area contributed by atoms with E-state index in [1.165, 1.54) is 4.68 Å². The van der Waals surface area contributed by atoms with Crippen molar-refractivity contribution in [3.63, 3.8) is 0 Å². The average Bonchev–Trinajstić information content (AvgIpc) is 3.05. The average molecular weight is 303 g/mol. The quantitative estimate of drug-likeness (QED) is 0.883. The number of anilines is 1. The molecule has 0 bridgehead atoms. The summed E-state index contributed by atoms with van der Waals surface area (Å²) in [6.07, 6.45) is 6.71. The van der Waals surface area contributed by atoms with E-state index in [-0.39, 0.29) is 6.04 Å². The number of rotatable bonds is 3. The number of nitrogens with two attached hydrogens (primary N) is 1. The second-order valence-electron chi connectivity index (χ2n) is 4.78. The van der Waals surface area contributed by atoms with Crippen LogP contribution < -0.4 is 10.9 Å². The van der Waals surface area contributed by atoms with E-state index in [0.29, 0.717) is 16.8 Å². The summed E-state index contributed by atoms with van der Waals surface area (Å²) in [6, 6.07) is 7.75. The van der Waals surface area contributed by atoms with Gasteiger partial charge in [0.1, 0.15) is 0 Å². The molecule has 2 N–H and O–H groups in total. The minimum absolute atomic E-state index is 0.0647. The van der Waals surface area contributed by atoms with Gasteiger partial charge in [-0.25, -0.2) is 9.69 Å². The number of nitrogens with zero attached hydrogens (tertiary/aromatic N) is 5. The Kier molecular flexibility index (Phi) is 3.62. The lowest BCUT2D eigenvalue weighted by Gasteiger charge is -2.19. The second kappa shape index (κ2) is 5.57. The zero-order valence-electron chi connectivity index (χ0n) is 11.5. The first-order chi connectivity index (χ1) is 10.1. The van der Waals surface area contributed by atoms with E-state index < -0.39 is 0 Å². The van der Waals surface area contributed by atoms with E-state index >= 15 is 0 Å². The van der Waals surface area contributed by atoms with Crippen LogP contribution in [0.4, 0.5) is 5.95 Å². The highest BCUT2D eigenvalue weighted by Gasteiger charge is 2.24. The normalized spacial score (nSPS) is 18.0. The van der Waals surface area contributed by atoms with Gasteiger partial charge in [0.15, 0.2) is 5.82 Å². The molecule has 108 valence electrons. The lowest BCUT2D eigenvalue weighted by molar-refractivity contribution is 0.738. The SMILES string of the molecule is Cc1nnc(N2N=CCC2C=Cc2cccc(Cl)c2)n1N. The predicted octanol–water partition coefficient (Wildman–Crippen LogP) is 2.23. The van der Waals surface area contributed by atoms with Gasteiger partial charge in [-0.05, 0) is 24.6 Å². The lowest BCUT2D eigenvalue weighted by Crippen LogP contribution is -2.29. The number of aromatic nitrogens is 3. The molecule has 1 aromatic carbocycles. The lowest BCUT2D eigenvalue weighted by atomic mass is 10.1. The maximum absolute atomic E-state index is 5.98. The number of hydrazone groups is 1. The Balaban J connectivity index is 1.81. The third kappa shape index (κ3) is 2.75.